The topological polar surface area (TPSA) is 78.9 Å². The van der Waals surface area contributed by atoms with E-state index in [2.05, 4.69) is 20.5 Å². The van der Waals surface area contributed by atoms with E-state index in [0.717, 1.165) is 16.8 Å². The highest BCUT2D eigenvalue weighted by molar-refractivity contribution is 6.30. The van der Waals surface area contributed by atoms with Crippen LogP contribution in [0.15, 0.2) is 53.1 Å². The predicted molar refractivity (Wildman–Crippen MR) is 97.7 cm³/mol. The molecule has 9 heteroatoms. The van der Waals surface area contributed by atoms with Crippen LogP contribution in [0.4, 0.5) is 4.39 Å². The van der Waals surface area contributed by atoms with Gasteiger partial charge in [0.25, 0.3) is 5.89 Å². The number of rotatable bonds is 3. The quantitative estimate of drug-likeness (QED) is 0.518. The van der Waals surface area contributed by atoms with Gasteiger partial charge in [0.15, 0.2) is 5.69 Å². The Bertz CT molecular complexity index is 1120. The zero-order chi connectivity index (χ0) is 19.1. The van der Waals surface area contributed by atoms with Gasteiger partial charge in [-0.05, 0) is 42.0 Å². The molecule has 0 bridgehead atoms. The number of hydrogen-bond donors (Lipinski definition) is 0. The Balaban J connectivity index is 1.41. The van der Waals surface area contributed by atoms with E-state index in [4.69, 9.17) is 20.9 Å². The molecule has 0 spiro atoms. The summed E-state index contributed by atoms with van der Waals surface area (Å²) >= 11 is 5.91. The van der Waals surface area contributed by atoms with Gasteiger partial charge in [0, 0.05) is 10.6 Å². The summed E-state index contributed by atoms with van der Waals surface area (Å²) in [6, 6.07) is 13.4. The summed E-state index contributed by atoms with van der Waals surface area (Å²) in [5.74, 6) is 0.431. The third-order valence-electron chi connectivity index (χ3n) is 4.57. The van der Waals surface area contributed by atoms with Crippen molar-refractivity contribution in [1.82, 2.24) is 25.1 Å². The molecule has 5 rings (SSSR count). The molecule has 0 amide bonds. The molecule has 1 aliphatic heterocycles. The SMILES string of the molecule is Fc1ccc(C2Cn3nnc(-c4nc(-c5ccc(Cl)cc5)no4)c3CO2)cc1. The normalized spacial score (nSPS) is 16.1. The van der Waals surface area contributed by atoms with E-state index in [9.17, 15) is 4.39 Å². The summed E-state index contributed by atoms with van der Waals surface area (Å²) < 4.78 is 26.2. The summed E-state index contributed by atoms with van der Waals surface area (Å²) in [6.07, 6.45) is -0.227. The van der Waals surface area contributed by atoms with Crippen LogP contribution in [0.5, 0.6) is 0 Å². The van der Waals surface area contributed by atoms with E-state index in [1.54, 1.807) is 28.9 Å². The van der Waals surface area contributed by atoms with Crippen LogP contribution in [0.1, 0.15) is 17.4 Å². The van der Waals surface area contributed by atoms with Gasteiger partial charge in [-0.15, -0.1) is 5.10 Å². The van der Waals surface area contributed by atoms with Crippen molar-refractivity contribution in [1.29, 1.82) is 0 Å². The summed E-state index contributed by atoms with van der Waals surface area (Å²) in [7, 11) is 0. The van der Waals surface area contributed by atoms with Crippen LogP contribution in [0.25, 0.3) is 23.0 Å². The highest BCUT2D eigenvalue weighted by Crippen LogP contribution is 2.31. The lowest BCUT2D eigenvalue weighted by atomic mass is 10.1. The molecule has 2 aromatic heterocycles. The van der Waals surface area contributed by atoms with Crippen LogP contribution in [0, 0.1) is 5.82 Å². The number of halogens is 2. The van der Waals surface area contributed by atoms with Gasteiger partial charge >= 0.3 is 0 Å². The van der Waals surface area contributed by atoms with E-state index in [1.165, 1.54) is 12.1 Å². The summed E-state index contributed by atoms with van der Waals surface area (Å²) in [5, 5.41) is 13.0. The standard InChI is InChI=1S/C19H13ClFN5O2/c20-13-5-1-12(2-6-13)18-22-19(28-24-18)17-15-10-27-16(9-26(15)25-23-17)11-3-7-14(21)8-4-11/h1-8,16H,9-10H2. The Labute approximate surface area is 163 Å². The molecular formula is C19H13ClFN5O2. The van der Waals surface area contributed by atoms with Crippen molar-refractivity contribution in [2.45, 2.75) is 19.3 Å². The first kappa shape index (κ1) is 17.0. The fraction of sp³-hybridized carbons (Fsp3) is 0.158. The highest BCUT2D eigenvalue weighted by atomic mass is 35.5. The monoisotopic (exact) mass is 397 g/mol. The Morgan fingerprint density at radius 2 is 1.86 bits per heavy atom. The van der Waals surface area contributed by atoms with E-state index in [1.807, 2.05) is 12.1 Å². The molecule has 1 aliphatic rings. The predicted octanol–water partition coefficient (Wildman–Crippen LogP) is 4.06. The first-order valence-electron chi connectivity index (χ1n) is 8.57. The van der Waals surface area contributed by atoms with Crippen molar-refractivity contribution >= 4 is 11.6 Å². The van der Waals surface area contributed by atoms with Crippen molar-refractivity contribution in [2.24, 2.45) is 0 Å². The van der Waals surface area contributed by atoms with Crippen molar-refractivity contribution < 1.29 is 13.7 Å². The molecule has 7 nitrogen and oxygen atoms in total. The number of ether oxygens (including phenoxy) is 1. The number of aromatic nitrogens is 5. The van der Waals surface area contributed by atoms with E-state index < -0.39 is 0 Å². The van der Waals surface area contributed by atoms with Gasteiger partial charge in [-0.2, -0.15) is 4.98 Å². The van der Waals surface area contributed by atoms with Crippen molar-refractivity contribution in [3.63, 3.8) is 0 Å². The molecule has 1 atom stereocenters. The second-order valence-electron chi connectivity index (χ2n) is 6.35. The summed E-state index contributed by atoms with van der Waals surface area (Å²) in [6.45, 7) is 0.745. The fourth-order valence-electron chi connectivity index (χ4n) is 3.09. The zero-order valence-corrected chi connectivity index (χ0v) is 15.2. The average Bonchev–Trinajstić information content (AvgIpc) is 3.35. The molecule has 1 unspecified atom stereocenters. The third-order valence-corrected chi connectivity index (χ3v) is 4.82. The van der Waals surface area contributed by atoms with Crippen molar-refractivity contribution in [2.75, 3.05) is 0 Å². The number of nitrogens with zero attached hydrogens (tertiary/aromatic N) is 5. The Kier molecular flexibility index (Phi) is 4.14. The van der Waals surface area contributed by atoms with Gasteiger partial charge in [0.1, 0.15) is 11.9 Å². The maximum atomic E-state index is 13.1. The van der Waals surface area contributed by atoms with Gasteiger partial charge in [-0.3, -0.25) is 0 Å². The molecule has 3 heterocycles. The zero-order valence-electron chi connectivity index (χ0n) is 14.4. The smallest absolute Gasteiger partial charge is 0.280 e. The fourth-order valence-corrected chi connectivity index (χ4v) is 3.22. The lowest BCUT2D eigenvalue weighted by Gasteiger charge is -2.24. The maximum absolute atomic E-state index is 13.1. The van der Waals surface area contributed by atoms with E-state index in [-0.39, 0.29) is 24.4 Å². The van der Waals surface area contributed by atoms with Crippen LogP contribution >= 0.6 is 11.6 Å². The Hall–Kier alpha value is -3.10. The summed E-state index contributed by atoms with van der Waals surface area (Å²) in [5.41, 5.74) is 2.91. The van der Waals surface area contributed by atoms with Gasteiger partial charge in [0.2, 0.25) is 5.82 Å². The number of benzene rings is 2. The first-order valence-corrected chi connectivity index (χ1v) is 8.94. The molecule has 0 fully saturated rings. The lowest BCUT2D eigenvalue weighted by Crippen LogP contribution is -2.22. The Morgan fingerprint density at radius 1 is 1.07 bits per heavy atom. The minimum Gasteiger partial charge on any atom is -0.365 e. The van der Waals surface area contributed by atoms with Crippen molar-refractivity contribution in [3.05, 3.63) is 70.6 Å². The summed E-state index contributed by atoms with van der Waals surface area (Å²) in [4.78, 5) is 4.41. The van der Waals surface area contributed by atoms with Crippen LogP contribution in [0.3, 0.4) is 0 Å². The molecular weight excluding hydrogens is 385 g/mol. The molecule has 0 N–H and O–H groups in total. The lowest BCUT2D eigenvalue weighted by molar-refractivity contribution is -0.00120. The van der Waals surface area contributed by atoms with Crippen LogP contribution in [-0.2, 0) is 17.9 Å². The van der Waals surface area contributed by atoms with Gasteiger partial charge in [0.05, 0.1) is 18.8 Å². The molecule has 0 saturated heterocycles. The van der Waals surface area contributed by atoms with E-state index in [0.29, 0.717) is 23.1 Å². The Morgan fingerprint density at radius 3 is 2.64 bits per heavy atom. The molecule has 140 valence electrons. The number of hydrogen-bond acceptors (Lipinski definition) is 6. The molecule has 0 saturated carbocycles. The minimum absolute atomic E-state index is 0.227. The second-order valence-corrected chi connectivity index (χ2v) is 6.78. The highest BCUT2D eigenvalue weighted by Gasteiger charge is 2.28. The van der Waals surface area contributed by atoms with Gasteiger partial charge in [-0.25, -0.2) is 9.07 Å². The second kappa shape index (κ2) is 6.81. The molecule has 4 aromatic rings. The van der Waals surface area contributed by atoms with Crippen molar-refractivity contribution in [3.8, 4) is 23.0 Å². The van der Waals surface area contributed by atoms with E-state index >= 15 is 0 Å². The molecule has 0 radical (unpaired) electrons. The third kappa shape index (κ3) is 3.06. The van der Waals surface area contributed by atoms with Gasteiger partial charge in [-0.1, -0.05) is 34.1 Å². The molecule has 0 aliphatic carbocycles. The minimum atomic E-state index is -0.281. The first-order chi connectivity index (χ1) is 13.7. The molecule has 28 heavy (non-hydrogen) atoms. The van der Waals surface area contributed by atoms with Crippen LogP contribution in [0.2, 0.25) is 5.02 Å². The average molecular weight is 398 g/mol. The number of fused-ring (bicyclic) bond motifs is 1. The van der Waals surface area contributed by atoms with Crippen LogP contribution < -0.4 is 0 Å². The van der Waals surface area contributed by atoms with Gasteiger partial charge < -0.3 is 9.26 Å². The molecule has 2 aromatic carbocycles. The van der Waals surface area contributed by atoms with Crippen LogP contribution in [-0.4, -0.2) is 25.1 Å². The maximum Gasteiger partial charge on any atom is 0.280 e. The largest absolute Gasteiger partial charge is 0.365 e.